The monoisotopic (exact) mass is 269 g/mol. The van der Waals surface area contributed by atoms with Gasteiger partial charge in [-0.1, -0.05) is 0 Å². The largest absolute Gasteiger partial charge is 0.468 e. The second-order valence-corrected chi connectivity index (χ2v) is 4.66. The Kier molecular flexibility index (Phi) is 4.98. The minimum absolute atomic E-state index is 0.133. The van der Waals surface area contributed by atoms with Crippen LogP contribution in [-0.4, -0.2) is 44.0 Å². The number of alkyl halides is 3. The van der Waals surface area contributed by atoms with Crippen molar-refractivity contribution < 1.29 is 27.4 Å². The molecule has 1 aliphatic rings. The molecule has 0 spiro atoms. The zero-order valence-electron chi connectivity index (χ0n) is 10.5. The predicted molar refractivity (Wildman–Crippen MR) is 58.1 cm³/mol. The highest BCUT2D eigenvalue weighted by Crippen LogP contribution is 2.24. The van der Waals surface area contributed by atoms with Crippen molar-refractivity contribution in [2.24, 2.45) is 0 Å². The fourth-order valence-corrected chi connectivity index (χ4v) is 1.53. The van der Waals surface area contributed by atoms with Gasteiger partial charge in [-0.3, -0.25) is 5.32 Å². The van der Waals surface area contributed by atoms with E-state index in [1.54, 1.807) is 6.92 Å². The molecule has 7 heteroatoms. The molecule has 0 aromatic heterocycles. The zero-order valence-corrected chi connectivity index (χ0v) is 10.5. The Hall–Kier alpha value is -0.820. The summed E-state index contributed by atoms with van der Waals surface area (Å²) in [5.74, 6) is -0.526. The predicted octanol–water partition coefficient (Wildman–Crippen LogP) is 1.64. The van der Waals surface area contributed by atoms with E-state index in [0.29, 0.717) is 0 Å². The van der Waals surface area contributed by atoms with Crippen molar-refractivity contribution in [2.75, 3.05) is 20.3 Å². The summed E-state index contributed by atoms with van der Waals surface area (Å²) < 4.78 is 45.4. The Morgan fingerprint density at radius 3 is 2.44 bits per heavy atom. The third-order valence-electron chi connectivity index (χ3n) is 2.66. The van der Waals surface area contributed by atoms with E-state index in [4.69, 9.17) is 4.74 Å². The first kappa shape index (κ1) is 15.2. The maximum Gasteiger partial charge on any atom is 0.391 e. The van der Waals surface area contributed by atoms with Gasteiger partial charge in [-0.2, -0.15) is 13.2 Å². The molecule has 0 bridgehead atoms. The fourth-order valence-electron chi connectivity index (χ4n) is 1.53. The number of rotatable bonds is 7. The summed E-state index contributed by atoms with van der Waals surface area (Å²) in [5, 5.41) is 3.03. The standard InChI is InChI=1S/C11H18F3NO3/c1-10(9(16)17-2,15-8-3-4-8)7-18-6-5-11(12,13)14/h8,15H,3-7H2,1-2H3. The van der Waals surface area contributed by atoms with Crippen molar-refractivity contribution >= 4 is 5.97 Å². The number of methoxy groups -OCH3 is 1. The number of carbonyl (C=O) groups excluding carboxylic acids is 1. The molecule has 0 aromatic rings. The van der Waals surface area contributed by atoms with Crippen molar-refractivity contribution in [2.45, 2.75) is 43.9 Å². The lowest BCUT2D eigenvalue weighted by Crippen LogP contribution is -2.54. The Bertz CT molecular complexity index is 292. The molecule has 1 saturated carbocycles. The normalized spacial score (nSPS) is 19.4. The van der Waals surface area contributed by atoms with Crippen LogP contribution in [0.15, 0.2) is 0 Å². The first-order valence-electron chi connectivity index (χ1n) is 5.77. The third-order valence-corrected chi connectivity index (χ3v) is 2.66. The number of nitrogens with one attached hydrogen (secondary N) is 1. The van der Waals surface area contributed by atoms with Crippen molar-refractivity contribution in [3.8, 4) is 0 Å². The number of ether oxygens (including phenoxy) is 2. The van der Waals surface area contributed by atoms with Crippen LogP contribution in [0.3, 0.4) is 0 Å². The van der Waals surface area contributed by atoms with Crippen LogP contribution in [0.1, 0.15) is 26.2 Å². The topological polar surface area (TPSA) is 47.6 Å². The highest BCUT2D eigenvalue weighted by atomic mass is 19.4. The van der Waals surface area contributed by atoms with Gasteiger partial charge in [0, 0.05) is 6.04 Å². The van der Waals surface area contributed by atoms with Crippen LogP contribution in [0.5, 0.6) is 0 Å². The van der Waals surface area contributed by atoms with E-state index in [0.717, 1.165) is 12.8 Å². The molecule has 0 saturated heterocycles. The van der Waals surface area contributed by atoms with Crippen LogP contribution in [0.4, 0.5) is 13.2 Å². The maximum absolute atomic E-state index is 11.9. The second kappa shape index (κ2) is 5.88. The Morgan fingerprint density at radius 2 is 2.00 bits per heavy atom. The van der Waals surface area contributed by atoms with E-state index in [1.807, 2.05) is 0 Å². The van der Waals surface area contributed by atoms with Gasteiger partial charge in [0.2, 0.25) is 0 Å². The van der Waals surface area contributed by atoms with Crippen LogP contribution in [0.25, 0.3) is 0 Å². The summed E-state index contributed by atoms with van der Waals surface area (Å²) in [5.41, 5.74) is -1.08. The minimum atomic E-state index is -4.24. The average Bonchev–Trinajstić information content (AvgIpc) is 3.06. The number of carbonyl (C=O) groups is 1. The number of hydrogen-bond acceptors (Lipinski definition) is 4. The fraction of sp³-hybridized carbons (Fsp3) is 0.909. The summed E-state index contributed by atoms with van der Waals surface area (Å²) in [7, 11) is 1.24. The van der Waals surface area contributed by atoms with Crippen LogP contribution in [0, 0.1) is 0 Å². The SMILES string of the molecule is COC(=O)C(C)(COCCC(F)(F)F)NC1CC1. The van der Waals surface area contributed by atoms with Gasteiger partial charge >= 0.3 is 12.1 Å². The van der Waals surface area contributed by atoms with Gasteiger partial charge in [-0.15, -0.1) is 0 Å². The summed E-state index contributed by atoms with van der Waals surface area (Å²) in [4.78, 5) is 11.6. The third kappa shape index (κ3) is 5.22. The summed E-state index contributed by atoms with van der Waals surface area (Å²) in [6.45, 7) is 0.986. The maximum atomic E-state index is 11.9. The minimum Gasteiger partial charge on any atom is -0.468 e. The molecule has 106 valence electrons. The first-order chi connectivity index (χ1) is 8.27. The number of hydrogen-bond donors (Lipinski definition) is 1. The number of halogens is 3. The Balaban J connectivity index is 2.38. The molecule has 4 nitrogen and oxygen atoms in total. The lowest BCUT2D eigenvalue weighted by molar-refractivity contribution is -0.155. The van der Waals surface area contributed by atoms with E-state index >= 15 is 0 Å². The lowest BCUT2D eigenvalue weighted by Gasteiger charge is -2.27. The molecule has 18 heavy (non-hydrogen) atoms. The van der Waals surface area contributed by atoms with Crippen molar-refractivity contribution in [3.63, 3.8) is 0 Å². The summed E-state index contributed by atoms with van der Waals surface area (Å²) in [6, 6.07) is 0.223. The van der Waals surface area contributed by atoms with E-state index in [-0.39, 0.29) is 12.6 Å². The first-order valence-corrected chi connectivity index (χ1v) is 5.77. The lowest BCUT2D eigenvalue weighted by atomic mass is 10.0. The molecule has 0 aliphatic heterocycles. The molecule has 1 fully saturated rings. The molecular formula is C11H18F3NO3. The van der Waals surface area contributed by atoms with E-state index in [1.165, 1.54) is 7.11 Å². The molecule has 1 aliphatic carbocycles. The van der Waals surface area contributed by atoms with Crippen molar-refractivity contribution in [1.29, 1.82) is 0 Å². The van der Waals surface area contributed by atoms with Crippen molar-refractivity contribution in [1.82, 2.24) is 5.32 Å². The molecule has 1 unspecified atom stereocenters. The summed E-state index contributed by atoms with van der Waals surface area (Å²) in [6.07, 6.45) is -3.36. The molecular weight excluding hydrogens is 251 g/mol. The van der Waals surface area contributed by atoms with Gasteiger partial charge in [-0.05, 0) is 19.8 Å². The smallest absolute Gasteiger partial charge is 0.391 e. The Labute approximate surface area is 104 Å². The molecule has 1 N–H and O–H groups in total. The van der Waals surface area contributed by atoms with Crippen LogP contribution in [0.2, 0.25) is 0 Å². The quantitative estimate of drug-likeness (QED) is 0.564. The highest BCUT2D eigenvalue weighted by molar-refractivity contribution is 5.80. The molecule has 0 radical (unpaired) electrons. The van der Waals surface area contributed by atoms with Crippen LogP contribution < -0.4 is 5.32 Å². The van der Waals surface area contributed by atoms with Gasteiger partial charge in [0.25, 0.3) is 0 Å². The molecule has 0 aromatic carbocycles. The molecule has 1 atom stereocenters. The Morgan fingerprint density at radius 1 is 1.39 bits per heavy atom. The number of esters is 1. The van der Waals surface area contributed by atoms with Gasteiger partial charge in [0.15, 0.2) is 0 Å². The van der Waals surface area contributed by atoms with Gasteiger partial charge in [0.1, 0.15) is 5.54 Å². The van der Waals surface area contributed by atoms with E-state index in [9.17, 15) is 18.0 Å². The molecule has 1 rings (SSSR count). The van der Waals surface area contributed by atoms with E-state index in [2.05, 4.69) is 10.1 Å². The average molecular weight is 269 g/mol. The molecule has 0 amide bonds. The zero-order chi connectivity index (χ0) is 13.8. The van der Waals surface area contributed by atoms with E-state index < -0.39 is 30.7 Å². The van der Waals surface area contributed by atoms with Gasteiger partial charge in [0.05, 0.1) is 26.7 Å². The highest BCUT2D eigenvalue weighted by Gasteiger charge is 2.40. The van der Waals surface area contributed by atoms with Crippen LogP contribution >= 0.6 is 0 Å². The van der Waals surface area contributed by atoms with Gasteiger partial charge in [-0.25, -0.2) is 4.79 Å². The van der Waals surface area contributed by atoms with Crippen LogP contribution in [-0.2, 0) is 14.3 Å². The van der Waals surface area contributed by atoms with Gasteiger partial charge < -0.3 is 9.47 Å². The van der Waals surface area contributed by atoms with Crippen molar-refractivity contribution in [3.05, 3.63) is 0 Å². The molecule has 0 heterocycles. The second-order valence-electron chi connectivity index (χ2n) is 4.66. The summed E-state index contributed by atoms with van der Waals surface area (Å²) >= 11 is 0.